The van der Waals surface area contributed by atoms with Crippen LogP contribution in [0.2, 0.25) is 0 Å². The lowest BCUT2D eigenvalue weighted by Gasteiger charge is -2.58. The van der Waals surface area contributed by atoms with E-state index in [9.17, 15) is 15.3 Å². The number of hydrogen-bond acceptors (Lipinski definition) is 3. The maximum absolute atomic E-state index is 10.9. The summed E-state index contributed by atoms with van der Waals surface area (Å²) in [5.74, 6) is 2.28. The van der Waals surface area contributed by atoms with E-state index >= 15 is 0 Å². The van der Waals surface area contributed by atoms with Crippen LogP contribution in [0.25, 0.3) is 0 Å². The molecule has 0 amide bonds. The third-order valence-corrected chi connectivity index (χ3v) is 10.2. The van der Waals surface area contributed by atoms with Crippen LogP contribution >= 0.6 is 0 Å². The van der Waals surface area contributed by atoms with Gasteiger partial charge in [0.1, 0.15) is 0 Å². The summed E-state index contributed by atoms with van der Waals surface area (Å²) in [4.78, 5) is 0. The third-order valence-electron chi connectivity index (χ3n) is 10.2. The van der Waals surface area contributed by atoms with E-state index < -0.39 is 12.2 Å². The molecule has 4 aliphatic carbocycles. The maximum atomic E-state index is 10.9. The molecule has 3 nitrogen and oxygen atoms in total. The van der Waals surface area contributed by atoms with E-state index in [1.54, 1.807) is 5.57 Å². The Morgan fingerprint density at radius 1 is 1.07 bits per heavy atom. The zero-order valence-corrected chi connectivity index (χ0v) is 19.8. The molecule has 4 rings (SSSR count). The SMILES string of the molecule is CC(C)=CC[C@@H](O)[C@@H](C)[C@H]1CC[C@H]2C3=CC[C@H]4[C@@H](O)[C@@H](O)CC[C@]4(C)[C@H]3CC[C@]12C. The van der Waals surface area contributed by atoms with E-state index in [0.29, 0.717) is 23.7 Å². The smallest absolute Gasteiger partial charge is 0.0835 e. The van der Waals surface area contributed by atoms with Crippen LogP contribution in [-0.4, -0.2) is 33.6 Å². The number of aliphatic hydroxyl groups excluding tert-OH is 3. The monoisotopic (exact) mass is 416 g/mol. The minimum atomic E-state index is -0.573. The normalized spacial score (nSPS) is 47.4. The second-order valence-electron chi connectivity index (χ2n) is 11.9. The van der Waals surface area contributed by atoms with Gasteiger partial charge < -0.3 is 15.3 Å². The van der Waals surface area contributed by atoms with Crippen molar-refractivity contribution in [1.82, 2.24) is 0 Å². The zero-order chi connectivity index (χ0) is 21.8. The summed E-state index contributed by atoms with van der Waals surface area (Å²) >= 11 is 0. The summed E-state index contributed by atoms with van der Waals surface area (Å²) < 4.78 is 0. The van der Waals surface area contributed by atoms with Crippen molar-refractivity contribution >= 4 is 0 Å². The minimum absolute atomic E-state index is 0.122. The standard InChI is InChI=1S/C27H44O3/c1-16(2)6-11-23(28)17(3)19-9-10-20-18-7-8-22-25(30)24(29)13-15-27(22,5)21(18)12-14-26(19,20)4/h6-7,17,19-25,28-30H,8-15H2,1-5H3/t17-,19+,20-,21-,22-,23+,24-,25+,26+,27+/m0/s1. The van der Waals surface area contributed by atoms with Crippen LogP contribution in [0, 0.1) is 40.4 Å². The van der Waals surface area contributed by atoms with Gasteiger partial charge in [-0.15, -0.1) is 0 Å². The lowest BCUT2D eigenvalue weighted by molar-refractivity contribution is -0.125. The first-order valence-electron chi connectivity index (χ1n) is 12.5. The predicted molar refractivity (Wildman–Crippen MR) is 122 cm³/mol. The number of hydrogen-bond donors (Lipinski definition) is 3. The highest BCUT2D eigenvalue weighted by Crippen LogP contribution is 2.66. The lowest BCUT2D eigenvalue weighted by Crippen LogP contribution is -2.55. The molecule has 4 aliphatic rings. The van der Waals surface area contributed by atoms with Crippen LogP contribution in [0.1, 0.15) is 86.0 Å². The molecule has 3 saturated carbocycles. The Hall–Kier alpha value is -0.640. The minimum Gasteiger partial charge on any atom is -0.393 e. The van der Waals surface area contributed by atoms with E-state index in [4.69, 9.17) is 0 Å². The largest absolute Gasteiger partial charge is 0.393 e. The van der Waals surface area contributed by atoms with Crippen molar-refractivity contribution in [2.24, 2.45) is 40.4 Å². The van der Waals surface area contributed by atoms with Gasteiger partial charge in [0.15, 0.2) is 0 Å². The van der Waals surface area contributed by atoms with Crippen molar-refractivity contribution in [2.75, 3.05) is 0 Å². The van der Waals surface area contributed by atoms with E-state index in [-0.39, 0.29) is 22.9 Å². The molecule has 3 heteroatoms. The van der Waals surface area contributed by atoms with Crippen LogP contribution in [0.5, 0.6) is 0 Å². The van der Waals surface area contributed by atoms with Gasteiger partial charge in [-0.3, -0.25) is 0 Å². The van der Waals surface area contributed by atoms with Crippen LogP contribution < -0.4 is 0 Å². The first-order chi connectivity index (χ1) is 14.1. The fourth-order valence-electron chi connectivity index (χ4n) is 8.31. The van der Waals surface area contributed by atoms with Crippen molar-refractivity contribution in [3.05, 3.63) is 23.3 Å². The fourth-order valence-corrected chi connectivity index (χ4v) is 8.31. The third kappa shape index (κ3) is 3.44. The molecule has 3 fully saturated rings. The molecule has 0 heterocycles. The second kappa shape index (κ2) is 8.05. The Morgan fingerprint density at radius 3 is 2.43 bits per heavy atom. The maximum Gasteiger partial charge on any atom is 0.0835 e. The van der Waals surface area contributed by atoms with Gasteiger partial charge in [0.05, 0.1) is 18.3 Å². The number of fused-ring (bicyclic) bond motifs is 5. The average Bonchev–Trinajstić information content (AvgIpc) is 3.06. The van der Waals surface area contributed by atoms with Gasteiger partial charge in [0, 0.05) is 0 Å². The molecule has 0 aromatic rings. The molecule has 10 atom stereocenters. The Labute approximate surface area is 183 Å². The van der Waals surface area contributed by atoms with Gasteiger partial charge >= 0.3 is 0 Å². The molecule has 0 aromatic heterocycles. The van der Waals surface area contributed by atoms with Crippen molar-refractivity contribution in [1.29, 1.82) is 0 Å². The highest BCUT2D eigenvalue weighted by molar-refractivity contribution is 5.28. The van der Waals surface area contributed by atoms with Crippen LogP contribution in [-0.2, 0) is 0 Å². The topological polar surface area (TPSA) is 60.7 Å². The molecule has 0 spiro atoms. The average molecular weight is 417 g/mol. The number of rotatable bonds is 4. The van der Waals surface area contributed by atoms with E-state index in [2.05, 4.69) is 46.8 Å². The molecule has 0 unspecified atom stereocenters. The lowest BCUT2D eigenvalue weighted by atomic mass is 9.47. The summed E-state index contributed by atoms with van der Waals surface area (Å²) in [6.45, 7) is 11.4. The van der Waals surface area contributed by atoms with Crippen molar-refractivity contribution in [2.45, 2.75) is 104 Å². The molecule has 0 aliphatic heterocycles. The Balaban J connectivity index is 1.56. The van der Waals surface area contributed by atoms with Gasteiger partial charge in [0.2, 0.25) is 0 Å². The first kappa shape index (κ1) is 22.6. The summed E-state index contributed by atoms with van der Waals surface area (Å²) in [5, 5.41) is 31.9. The molecule has 0 bridgehead atoms. The van der Waals surface area contributed by atoms with Gasteiger partial charge in [0.25, 0.3) is 0 Å². The molecular formula is C27H44O3. The fraction of sp³-hybridized carbons (Fsp3) is 0.852. The molecule has 0 radical (unpaired) electrons. The predicted octanol–water partition coefficient (Wildman–Crippen LogP) is 5.25. The summed E-state index contributed by atoms with van der Waals surface area (Å²) in [5.41, 5.74) is 3.35. The molecule has 0 aromatic carbocycles. The van der Waals surface area contributed by atoms with Gasteiger partial charge in [-0.25, -0.2) is 0 Å². The highest BCUT2D eigenvalue weighted by atomic mass is 16.3. The molecular weight excluding hydrogens is 372 g/mol. The Morgan fingerprint density at radius 2 is 1.73 bits per heavy atom. The van der Waals surface area contributed by atoms with Crippen LogP contribution in [0.3, 0.4) is 0 Å². The molecule has 170 valence electrons. The Bertz CT molecular complexity index is 707. The Kier molecular flexibility index (Phi) is 6.05. The van der Waals surface area contributed by atoms with Gasteiger partial charge in [-0.2, -0.15) is 0 Å². The van der Waals surface area contributed by atoms with Crippen LogP contribution in [0.4, 0.5) is 0 Å². The van der Waals surface area contributed by atoms with Crippen molar-refractivity contribution in [3.8, 4) is 0 Å². The van der Waals surface area contributed by atoms with E-state index in [0.717, 1.165) is 25.7 Å². The number of aliphatic hydroxyl groups is 3. The van der Waals surface area contributed by atoms with E-state index in [1.165, 1.54) is 31.3 Å². The highest BCUT2D eigenvalue weighted by Gasteiger charge is 2.59. The van der Waals surface area contributed by atoms with Crippen molar-refractivity contribution in [3.63, 3.8) is 0 Å². The summed E-state index contributed by atoms with van der Waals surface area (Å²) in [6.07, 6.45) is 11.6. The molecule has 30 heavy (non-hydrogen) atoms. The summed E-state index contributed by atoms with van der Waals surface area (Å²) in [6, 6.07) is 0. The van der Waals surface area contributed by atoms with E-state index in [1.807, 2.05) is 0 Å². The molecule has 0 saturated heterocycles. The van der Waals surface area contributed by atoms with Gasteiger partial charge in [-0.1, -0.05) is 44.1 Å². The quantitative estimate of drug-likeness (QED) is 0.549. The number of allylic oxidation sites excluding steroid dienone is 3. The summed E-state index contributed by atoms with van der Waals surface area (Å²) in [7, 11) is 0. The first-order valence-corrected chi connectivity index (χ1v) is 12.5. The zero-order valence-electron chi connectivity index (χ0n) is 19.8. The van der Waals surface area contributed by atoms with Crippen molar-refractivity contribution < 1.29 is 15.3 Å². The van der Waals surface area contributed by atoms with Crippen LogP contribution in [0.15, 0.2) is 23.3 Å². The second-order valence-corrected chi connectivity index (χ2v) is 11.9. The van der Waals surface area contributed by atoms with Gasteiger partial charge in [-0.05, 0) is 106 Å². The molecule has 3 N–H and O–H groups in total.